The first kappa shape index (κ1) is 8.63. The van der Waals surface area contributed by atoms with Gasteiger partial charge in [-0.05, 0) is 32.3 Å². The number of hydrogen-bond donors (Lipinski definition) is 1. The molecule has 0 saturated heterocycles. The normalized spacial score (nSPS) is 21.2. The number of aromatic nitrogens is 2. The Morgan fingerprint density at radius 3 is 2.69 bits per heavy atom. The molecule has 1 aliphatic rings. The smallest absolute Gasteiger partial charge is 0.115 e. The Bertz CT molecular complexity index is 316. The maximum Gasteiger partial charge on any atom is 0.115 e. The summed E-state index contributed by atoms with van der Waals surface area (Å²) in [4.78, 5) is 8.27. The lowest BCUT2D eigenvalue weighted by Crippen LogP contribution is -2.32. The molecular formula is C10H15N3. The minimum Gasteiger partial charge on any atom is -0.327 e. The van der Waals surface area contributed by atoms with Gasteiger partial charge in [-0.1, -0.05) is 0 Å². The molecule has 13 heavy (non-hydrogen) atoms. The lowest BCUT2D eigenvalue weighted by atomic mass is 9.90. The number of aryl methyl sites for hydroxylation is 1. The molecule has 1 heterocycles. The molecule has 1 aromatic rings. The van der Waals surface area contributed by atoms with Crippen LogP contribution in [0.3, 0.4) is 0 Å². The van der Waals surface area contributed by atoms with E-state index in [2.05, 4.69) is 16.9 Å². The van der Waals surface area contributed by atoms with Gasteiger partial charge >= 0.3 is 0 Å². The number of nitrogens with zero attached hydrogens (tertiary/aromatic N) is 2. The number of nitrogens with two attached hydrogens (primary N) is 1. The molecule has 3 nitrogen and oxygen atoms in total. The molecule has 0 spiro atoms. The lowest BCUT2D eigenvalue weighted by Gasteiger charge is -2.20. The van der Waals surface area contributed by atoms with Crippen molar-refractivity contribution in [3.63, 3.8) is 0 Å². The van der Waals surface area contributed by atoms with E-state index in [1.807, 2.05) is 13.1 Å². The fourth-order valence-electron chi connectivity index (χ4n) is 1.98. The van der Waals surface area contributed by atoms with Crippen molar-refractivity contribution in [2.24, 2.45) is 5.73 Å². The Kier molecular flexibility index (Phi) is 1.84. The molecule has 2 rings (SSSR count). The van der Waals surface area contributed by atoms with Crippen molar-refractivity contribution in [2.75, 3.05) is 0 Å². The third-order valence-corrected chi connectivity index (χ3v) is 3.11. The van der Waals surface area contributed by atoms with Crippen LogP contribution in [0.25, 0.3) is 0 Å². The fourth-order valence-corrected chi connectivity index (χ4v) is 1.98. The zero-order valence-corrected chi connectivity index (χ0v) is 8.12. The van der Waals surface area contributed by atoms with Crippen LogP contribution in [0, 0.1) is 6.92 Å². The Morgan fingerprint density at radius 2 is 2.23 bits per heavy atom. The minimum absolute atomic E-state index is 0.186. The Hall–Kier alpha value is -0.960. The molecule has 2 N–H and O–H groups in total. The van der Waals surface area contributed by atoms with E-state index < -0.39 is 0 Å². The van der Waals surface area contributed by atoms with Gasteiger partial charge in [0.15, 0.2) is 0 Å². The lowest BCUT2D eigenvalue weighted by molar-refractivity contribution is 0.549. The predicted molar refractivity (Wildman–Crippen MR) is 51.3 cm³/mol. The van der Waals surface area contributed by atoms with Crippen molar-refractivity contribution in [3.8, 4) is 0 Å². The first-order chi connectivity index (χ1) is 6.17. The molecule has 1 unspecified atom stereocenters. The molecule has 0 radical (unpaired) electrons. The molecule has 0 aromatic carbocycles. The second-order valence-electron chi connectivity index (χ2n) is 3.97. The SMILES string of the molecule is Cc1ncncc1C1(C(C)N)CC1. The van der Waals surface area contributed by atoms with Crippen molar-refractivity contribution in [3.05, 3.63) is 23.8 Å². The first-order valence-electron chi connectivity index (χ1n) is 4.69. The summed E-state index contributed by atoms with van der Waals surface area (Å²) in [5.41, 5.74) is 8.48. The molecule has 0 amide bonds. The Labute approximate surface area is 78.4 Å². The standard InChI is InChI=1S/C10H15N3/c1-7-9(5-12-6-13-7)10(3-4-10)8(2)11/h5-6,8H,3-4,11H2,1-2H3. The van der Waals surface area contributed by atoms with Crippen LogP contribution in [0.15, 0.2) is 12.5 Å². The second kappa shape index (κ2) is 2.77. The van der Waals surface area contributed by atoms with E-state index in [0.717, 1.165) is 5.69 Å². The maximum atomic E-state index is 5.98. The topological polar surface area (TPSA) is 51.8 Å². The van der Waals surface area contributed by atoms with Crippen LogP contribution in [0.4, 0.5) is 0 Å². The van der Waals surface area contributed by atoms with Crippen LogP contribution >= 0.6 is 0 Å². The highest BCUT2D eigenvalue weighted by atomic mass is 14.8. The van der Waals surface area contributed by atoms with E-state index >= 15 is 0 Å². The van der Waals surface area contributed by atoms with E-state index in [-0.39, 0.29) is 11.5 Å². The van der Waals surface area contributed by atoms with Gasteiger partial charge < -0.3 is 5.73 Å². The monoisotopic (exact) mass is 177 g/mol. The van der Waals surface area contributed by atoms with Gasteiger partial charge in [0.25, 0.3) is 0 Å². The predicted octanol–water partition coefficient (Wildman–Crippen LogP) is 1.16. The van der Waals surface area contributed by atoms with Crippen LogP contribution in [0.1, 0.15) is 31.0 Å². The van der Waals surface area contributed by atoms with Crippen LogP contribution < -0.4 is 5.73 Å². The first-order valence-corrected chi connectivity index (χ1v) is 4.69. The minimum atomic E-state index is 0.186. The van der Waals surface area contributed by atoms with Crippen molar-refractivity contribution in [1.29, 1.82) is 0 Å². The van der Waals surface area contributed by atoms with E-state index in [4.69, 9.17) is 5.73 Å². The molecule has 0 bridgehead atoms. The molecule has 70 valence electrons. The highest BCUT2D eigenvalue weighted by Crippen LogP contribution is 2.50. The molecule has 1 atom stereocenters. The number of rotatable bonds is 2. The zero-order chi connectivity index (χ0) is 9.47. The van der Waals surface area contributed by atoms with E-state index in [0.29, 0.717) is 0 Å². The Morgan fingerprint density at radius 1 is 1.54 bits per heavy atom. The van der Waals surface area contributed by atoms with Gasteiger partial charge in [-0.3, -0.25) is 0 Å². The summed E-state index contributed by atoms with van der Waals surface area (Å²) in [6.45, 7) is 4.10. The van der Waals surface area contributed by atoms with Gasteiger partial charge in [0.1, 0.15) is 6.33 Å². The van der Waals surface area contributed by atoms with Gasteiger partial charge in [0.2, 0.25) is 0 Å². The van der Waals surface area contributed by atoms with Crippen molar-refractivity contribution in [2.45, 2.75) is 38.1 Å². The largest absolute Gasteiger partial charge is 0.327 e. The highest BCUT2D eigenvalue weighted by molar-refractivity contribution is 5.34. The van der Waals surface area contributed by atoms with Gasteiger partial charge in [-0.15, -0.1) is 0 Å². The van der Waals surface area contributed by atoms with Crippen LogP contribution in [0.5, 0.6) is 0 Å². The summed E-state index contributed by atoms with van der Waals surface area (Å²) in [6.07, 6.45) is 5.87. The molecule has 3 heteroatoms. The number of hydrogen-bond acceptors (Lipinski definition) is 3. The summed E-state index contributed by atoms with van der Waals surface area (Å²) in [7, 11) is 0. The van der Waals surface area contributed by atoms with Gasteiger partial charge in [0.05, 0.1) is 0 Å². The van der Waals surface area contributed by atoms with Gasteiger partial charge in [0, 0.05) is 23.3 Å². The average molecular weight is 177 g/mol. The fraction of sp³-hybridized carbons (Fsp3) is 0.600. The van der Waals surface area contributed by atoms with Crippen LogP contribution in [-0.4, -0.2) is 16.0 Å². The molecule has 1 fully saturated rings. The average Bonchev–Trinajstić information content (AvgIpc) is 2.85. The maximum absolute atomic E-state index is 5.98. The van der Waals surface area contributed by atoms with E-state index in [1.165, 1.54) is 18.4 Å². The van der Waals surface area contributed by atoms with Crippen molar-refractivity contribution >= 4 is 0 Å². The third kappa shape index (κ3) is 1.23. The summed E-state index contributed by atoms with van der Waals surface area (Å²) >= 11 is 0. The molecule has 1 aliphatic carbocycles. The third-order valence-electron chi connectivity index (χ3n) is 3.11. The zero-order valence-electron chi connectivity index (χ0n) is 8.12. The molecule has 1 aromatic heterocycles. The molecule has 1 saturated carbocycles. The second-order valence-corrected chi connectivity index (χ2v) is 3.97. The van der Waals surface area contributed by atoms with E-state index in [9.17, 15) is 0 Å². The van der Waals surface area contributed by atoms with Crippen LogP contribution in [-0.2, 0) is 5.41 Å². The molecular weight excluding hydrogens is 162 g/mol. The Balaban J connectivity index is 2.41. The van der Waals surface area contributed by atoms with E-state index in [1.54, 1.807) is 6.33 Å². The highest BCUT2D eigenvalue weighted by Gasteiger charge is 2.48. The van der Waals surface area contributed by atoms with Gasteiger partial charge in [-0.2, -0.15) is 0 Å². The summed E-state index contributed by atoms with van der Waals surface area (Å²) in [6, 6.07) is 0.206. The quantitative estimate of drug-likeness (QED) is 0.737. The summed E-state index contributed by atoms with van der Waals surface area (Å²) in [5, 5.41) is 0. The van der Waals surface area contributed by atoms with Gasteiger partial charge in [-0.25, -0.2) is 9.97 Å². The summed E-state index contributed by atoms with van der Waals surface area (Å²) in [5.74, 6) is 0. The van der Waals surface area contributed by atoms with Crippen LogP contribution in [0.2, 0.25) is 0 Å². The molecule has 0 aliphatic heterocycles. The van der Waals surface area contributed by atoms with Crippen molar-refractivity contribution in [1.82, 2.24) is 9.97 Å². The van der Waals surface area contributed by atoms with Crippen molar-refractivity contribution < 1.29 is 0 Å². The summed E-state index contributed by atoms with van der Waals surface area (Å²) < 4.78 is 0.